The van der Waals surface area contributed by atoms with Crippen molar-refractivity contribution in [1.82, 2.24) is 4.90 Å². The summed E-state index contributed by atoms with van der Waals surface area (Å²) in [6, 6.07) is 5.61. The molecule has 0 unspecified atom stereocenters. The van der Waals surface area contributed by atoms with E-state index in [1.165, 1.54) is 12.1 Å². The lowest BCUT2D eigenvalue weighted by atomic mass is 10.1. The molecule has 1 saturated heterocycles. The lowest BCUT2D eigenvalue weighted by Gasteiger charge is -2.32. The van der Waals surface area contributed by atoms with Crippen LogP contribution in [-0.4, -0.2) is 43.3 Å². The van der Waals surface area contributed by atoms with E-state index >= 15 is 0 Å². The lowest BCUT2D eigenvalue weighted by molar-refractivity contribution is 0.0156. The molecule has 2 rings (SSSR count). The largest absolute Gasteiger partial charge is 0.378 e. The van der Waals surface area contributed by atoms with Gasteiger partial charge in [-0.25, -0.2) is 9.18 Å². The van der Waals surface area contributed by atoms with Crippen LogP contribution in [0.5, 0.6) is 0 Å². The van der Waals surface area contributed by atoms with Crippen LogP contribution in [-0.2, 0) is 4.74 Å². The van der Waals surface area contributed by atoms with Gasteiger partial charge < -0.3 is 20.7 Å². The number of nitrogens with two attached hydrogens (primary N) is 1. The highest BCUT2D eigenvalue weighted by atomic mass is 19.1. The molecule has 21 heavy (non-hydrogen) atoms. The van der Waals surface area contributed by atoms with E-state index in [9.17, 15) is 9.18 Å². The predicted octanol–water partition coefficient (Wildman–Crippen LogP) is 2.19. The van der Waals surface area contributed by atoms with Gasteiger partial charge in [0.15, 0.2) is 0 Å². The minimum atomic E-state index is -0.316. The second-order valence-electron chi connectivity index (χ2n) is 5.14. The summed E-state index contributed by atoms with van der Waals surface area (Å²) in [6.45, 7) is 2.66. The van der Waals surface area contributed by atoms with E-state index in [0.29, 0.717) is 31.9 Å². The summed E-state index contributed by atoms with van der Waals surface area (Å²) in [5.41, 5.74) is 6.02. The Morgan fingerprint density at radius 1 is 1.33 bits per heavy atom. The Morgan fingerprint density at radius 2 is 2.00 bits per heavy atom. The van der Waals surface area contributed by atoms with Gasteiger partial charge in [0.05, 0.1) is 6.10 Å². The number of urea groups is 1. The first kappa shape index (κ1) is 15.7. The van der Waals surface area contributed by atoms with Gasteiger partial charge in [0.25, 0.3) is 0 Å². The summed E-state index contributed by atoms with van der Waals surface area (Å²) in [6.07, 6.45) is 2.75. The average Bonchev–Trinajstić information content (AvgIpc) is 2.50. The molecule has 5 nitrogen and oxygen atoms in total. The Labute approximate surface area is 124 Å². The highest BCUT2D eigenvalue weighted by molar-refractivity contribution is 5.89. The van der Waals surface area contributed by atoms with Crippen LogP contribution in [0.2, 0.25) is 0 Å². The zero-order valence-corrected chi connectivity index (χ0v) is 12.1. The number of likely N-dealkylation sites (tertiary alicyclic amines) is 1. The summed E-state index contributed by atoms with van der Waals surface area (Å²) < 4.78 is 18.5. The number of ether oxygens (including phenoxy) is 1. The summed E-state index contributed by atoms with van der Waals surface area (Å²) in [4.78, 5) is 13.8. The predicted molar refractivity (Wildman–Crippen MR) is 79.6 cm³/mol. The number of carbonyl (C=O) groups is 1. The van der Waals surface area contributed by atoms with Crippen molar-refractivity contribution in [2.75, 3.05) is 31.6 Å². The molecule has 0 aromatic heterocycles. The molecule has 2 amide bonds. The first-order chi connectivity index (χ1) is 10.2. The van der Waals surface area contributed by atoms with Crippen LogP contribution >= 0.6 is 0 Å². The molecule has 0 radical (unpaired) electrons. The molecule has 3 N–H and O–H groups in total. The van der Waals surface area contributed by atoms with E-state index in [0.717, 1.165) is 19.3 Å². The van der Waals surface area contributed by atoms with E-state index in [1.54, 1.807) is 17.0 Å². The van der Waals surface area contributed by atoms with Crippen molar-refractivity contribution in [2.24, 2.45) is 5.73 Å². The zero-order valence-electron chi connectivity index (χ0n) is 12.1. The SMILES string of the molecule is NCCCOC1CCN(C(=O)Nc2ccc(F)cc2)CC1. The molecule has 1 aliphatic rings. The van der Waals surface area contributed by atoms with Crippen LogP contribution < -0.4 is 11.1 Å². The third-order valence-corrected chi connectivity index (χ3v) is 3.53. The molecule has 1 heterocycles. The van der Waals surface area contributed by atoms with Gasteiger partial charge in [0, 0.05) is 25.4 Å². The van der Waals surface area contributed by atoms with Gasteiger partial charge in [0.1, 0.15) is 5.82 Å². The number of hydrogen-bond acceptors (Lipinski definition) is 3. The average molecular weight is 295 g/mol. The van der Waals surface area contributed by atoms with E-state index < -0.39 is 0 Å². The third-order valence-electron chi connectivity index (χ3n) is 3.53. The fourth-order valence-corrected chi connectivity index (χ4v) is 2.29. The second kappa shape index (κ2) is 7.95. The van der Waals surface area contributed by atoms with E-state index in [-0.39, 0.29) is 18.0 Å². The normalized spacial score (nSPS) is 16.0. The molecular formula is C15H22FN3O2. The van der Waals surface area contributed by atoms with Crippen molar-refractivity contribution in [3.63, 3.8) is 0 Å². The van der Waals surface area contributed by atoms with Gasteiger partial charge >= 0.3 is 6.03 Å². The fraction of sp³-hybridized carbons (Fsp3) is 0.533. The minimum absolute atomic E-state index is 0.151. The summed E-state index contributed by atoms with van der Waals surface area (Å²) in [5.74, 6) is -0.316. The molecule has 116 valence electrons. The number of hydrogen-bond donors (Lipinski definition) is 2. The van der Waals surface area contributed by atoms with Crippen molar-refractivity contribution in [3.8, 4) is 0 Å². The van der Waals surface area contributed by atoms with Gasteiger partial charge in [-0.3, -0.25) is 0 Å². The summed E-state index contributed by atoms with van der Waals surface area (Å²) in [7, 11) is 0. The molecule has 1 aromatic rings. The zero-order chi connectivity index (χ0) is 15.1. The highest BCUT2D eigenvalue weighted by Crippen LogP contribution is 2.16. The monoisotopic (exact) mass is 295 g/mol. The van der Waals surface area contributed by atoms with Gasteiger partial charge in [-0.05, 0) is 50.1 Å². The van der Waals surface area contributed by atoms with Gasteiger partial charge in [-0.1, -0.05) is 0 Å². The van der Waals surface area contributed by atoms with Crippen LogP contribution in [0.1, 0.15) is 19.3 Å². The Hall–Kier alpha value is -1.66. The topological polar surface area (TPSA) is 67.6 Å². The Kier molecular flexibility index (Phi) is 5.95. The molecule has 1 aromatic carbocycles. The van der Waals surface area contributed by atoms with Crippen LogP contribution in [0.4, 0.5) is 14.9 Å². The highest BCUT2D eigenvalue weighted by Gasteiger charge is 2.23. The maximum atomic E-state index is 12.8. The van der Waals surface area contributed by atoms with Gasteiger partial charge in [-0.2, -0.15) is 0 Å². The van der Waals surface area contributed by atoms with E-state index in [2.05, 4.69) is 5.32 Å². The number of carbonyl (C=O) groups excluding carboxylic acids is 1. The maximum Gasteiger partial charge on any atom is 0.321 e. The Morgan fingerprint density at radius 3 is 2.62 bits per heavy atom. The van der Waals surface area contributed by atoms with Crippen LogP contribution in [0, 0.1) is 5.82 Å². The number of nitrogens with zero attached hydrogens (tertiary/aromatic N) is 1. The minimum Gasteiger partial charge on any atom is -0.378 e. The molecule has 0 atom stereocenters. The Bertz CT molecular complexity index is 445. The number of halogens is 1. The van der Waals surface area contributed by atoms with Crippen molar-refractivity contribution in [2.45, 2.75) is 25.4 Å². The quantitative estimate of drug-likeness (QED) is 0.818. The molecule has 1 aliphatic heterocycles. The smallest absolute Gasteiger partial charge is 0.321 e. The summed E-state index contributed by atoms with van der Waals surface area (Å²) >= 11 is 0. The van der Waals surface area contributed by atoms with Crippen LogP contribution in [0.3, 0.4) is 0 Å². The third kappa shape index (κ3) is 4.99. The van der Waals surface area contributed by atoms with Crippen molar-refractivity contribution >= 4 is 11.7 Å². The van der Waals surface area contributed by atoms with Crippen LogP contribution in [0.15, 0.2) is 24.3 Å². The van der Waals surface area contributed by atoms with Gasteiger partial charge in [-0.15, -0.1) is 0 Å². The molecule has 0 saturated carbocycles. The molecular weight excluding hydrogens is 273 g/mol. The Balaban J connectivity index is 1.74. The lowest BCUT2D eigenvalue weighted by Crippen LogP contribution is -2.43. The van der Waals surface area contributed by atoms with Gasteiger partial charge in [0.2, 0.25) is 0 Å². The first-order valence-corrected chi connectivity index (χ1v) is 7.32. The standard InChI is InChI=1S/C15H22FN3O2/c16-12-2-4-13(5-3-12)18-15(20)19-9-6-14(7-10-19)21-11-1-8-17/h2-5,14H,1,6-11,17H2,(H,18,20). The molecule has 0 spiro atoms. The molecule has 0 aliphatic carbocycles. The molecule has 1 fully saturated rings. The number of piperidine rings is 1. The first-order valence-electron chi connectivity index (χ1n) is 7.32. The van der Waals surface area contributed by atoms with E-state index in [4.69, 9.17) is 10.5 Å². The number of rotatable bonds is 5. The number of benzene rings is 1. The molecule has 0 bridgehead atoms. The van der Waals surface area contributed by atoms with Crippen molar-refractivity contribution in [1.29, 1.82) is 0 Å². The van der Waals surface area contributed by atoms with Crippen LogP contribution in [0.25, 0.3) is 0 Å². The van der Waals surface area contributed by atoms with Crippen molar-refractivity contribution in [3.05, 3.63) is 30.1 Å². The molecule has 6 heteroatoms. The fourth-order valence-electron chi connectivity index (χ4n) is 2.29. The van der Waals surface area contributed by atoms with E-state index in [1.807, 2.05) is 0 Å². The number of anilines is 1. The van der Waals surface area contributed by atoms with Crippen molar-refractivity contribution < 1.29 is 13.9 Å². The maximum absolute atomic E-state index is 12.8. The second-order valence-corrected chi connectivity index (χ2v) is 5.14. The number of amides is 2. The number of nitrogens with one attached hydrogen (secondary N) is 1. The summed E-state index contributed by atoms with van der Waals surface area (Å²) in [5, 5.41) is 2.77.